The van der Waals surface area contributed by atoms with Gasteiger partial charge in [-0.05, 0) is 36.5 Å². The Morgan fingerprint density at radius 1 is 1.26 bits per heavy atom. The van der Waals surface area contributed by atoms with Crippen LogP contribution in [0.25, 0.3) is 0 Å². The molecule has 0 aromatic heterocycles. The van der Waals surface area contributed by atoms with E-state index in [9.17, 15) is 19.1 Å². The van der Waals surface area contributed by atoms with Gasteiger partial charge in [0.15, 0.2) is 6.10 Å². The third-order valence-electron chi connectivity index (χ3n) is 4.25. The Hall–Kier alpha value is -1.95. The summed E-state index contributed by atoms with van der Waals surface area (Å²) in [6.45, 7) is 0. The van der Waals surface area contributed by atoms with E-state index in [-0.39, 0.29) is 24.6 Å². The van der Waals surface area contributed by atoms with Crippen molar-refractivity contribution in [3.8, 4) is 0 Å². The normalized spacial score (nSPS) is 17.7. The SMILES string of the molecule is NC(=O)C(Cc1ccc(F)cc1)OC(=O)CC(O)C1CCCC1. The van der Waals surface area contributed by atoms with Crippen molar-refractivity contribution in [2.45, 2.75) is 50.7 Å². The Bertz CT molecular complexity index is 540. The highest BCUT2D eigenvalue weighted by molar-refractivity contribution is 5.82. The molecular weight excluding hydrogens is 301 g/mol. The second-order valence-corrected chi connectivity index (χ2v) is 6.03. The molecule has 0 spiro atoms. The van der Waals surface area contributed by atoms with Gasteiger partial charge in [0.05, 0.1) is 12.5 Å². The zero-order chi connectivity index (χ0) is 16.8. The lowest BCUT2D eigenvalue weighted by atomic mass is 9.98. The van der Waals surface area contributed by atoms with Gasteiger partial charge in [-0.2, -0.15) is 0 Å². The summed E-state index contributed by atoms with van der Waals surface area (Å²) in [7, 11) is 0. The minimum absolute atomic E-state index is 0.0842. The average molecular weight is 323 g/mol. The number of rotatable bonds is 7. The molecule has 2 unspecified atom stereocenters. The second kappa shape index (κ2) is 8.06. The highest BCUT2D eigenvalue weighted by atomic mass is 19.1. The number of ether oxygens (including phenoxy) is 1. The minimum atomic E-state index is -1.12. The molecule has 0 bridgehead atoms. The number of nitrogens with two attached hydrogens (primary N) is 1. The number of halogens is 1. The highest BCUT2D eigenvalue weighted by Crippen LogP contribution is 2.29. The Kier molecular flexibility index (Phi) is 6.10. The zero-order valence-corrected chi connectivity index (χ0v) is 12.9. The molecule has 0 aliphatic heterocycles. The first kappa shape index (κ1) is 17.4. The van der Waals surface area contributed by atoms with Crippen molar-refractivity contribution in [2.75, 3.05) is 0 Å². The van der Waals surface area contributed by atoms with E-state index in [2.05, 4.69) is 0 Å². The molecule has 1 amide bonds. The van der Waals surface area contributed by atoms with Crippen LogP contribution in [0.2, 0.25) is 0 Å². The molecule has 23 heavy (non-hydrogen) atoms. The van der Waals surface area contributed by atoms with Crippen LogP contribution in [0.15, 0.2) is 24.3 Å². The first-order chi connectivity index (χ1) is 11.0. The van der Waals surface area contributed by atoms with Crippen molar-refractivity contribution in [3.63, 3.8) is 0 Å². The van der Waals surface area contributed by atoms with E-state index in [1.54, 1.807) is 0 Å². The molecule has 0 radical (unpaired) electrons. The largest absolute Gasteiger partial charge is 0.452 e. The van der Waals surface area contributed by atoms with Crippen molar-refractivity contribution in [1.82, 2.24) is 0 Å². The fraction of sp³-hybridized carbons (Fsp3) is 0.529. The van der Waals surface area contributed by atoms with Gasteiger partial charge in [-0.1, -0.05) is 25.0 Å². The number of aliphatic hydroxyl groups excluding tert-OH is 1. The molecule has 6 heteroatoms. The lowest BCUT2D eigenvalue weighted by molar-refractivity contribution is -0.157. The molecule has 0 saturated heterocycles. The maximum atomic E-state index is 12.9. The average Bonchev–Trinajstić information content (AvgIpc) is 3.03. The van der Waals surface area contributed by atoms with E-state index < -0.39 is 24.1 Å². The molecule has 1 aliphatic rings. The molecule has 126 valence electrons. The number of aliphatic hydroxyl groups is 1. The second-order valence-electron chi connectivity index (χ2n) is 6.03. The van der Waals surface area contributed by atoms with E-state index in [0.29, 0.717) is 5.56 Å². The number of primary amides is 1. The molecule has 3 N–H and O–H groups in total. The molecule has 1 aliphatic carbocycles. The van der Waals surface area contributed by atoms with Gasteiger partial charge in [0.2, 0.25) is 0 Å². The van der Waals surface area contributed by atoms with Crippen LogP contribution in [0, 0.1) is 11.7 Å². The lowest BCUT2D eigenvalue weighted by Gasteiger charge is -2.19. The number of carbonyl (C=O) groups excluding carboxylic acids is 2. The van der Waals surface area contributed by atoms with Gasteiger partial charge in [0.1, 0.15) is 5.82 Å². The summed E-state index contributed by atoms with van der Waals surface area (Å²) in [5, 5.41) is 10.0. The fourth-order valence-electron chi connectivity index (χ4n) is 2.92. The minimum Gasteiger partial charge on any atom is -0.452 e. The van der Waals surface area contributed by atoms with E-state index in [4.69, 9.17) is 10.5 Å². The molecular formula is C17H22FNO4. The summed E-state index contributed by atoms with van der Waals surface area (Å²) in [5.74, 6) is -1.68. The quantitative estimate of drug-likeness (QED) is 0.748. The van der Waals surface area contributed by atoms with Crippen LogP contribution in [0.4, 0.5) is 4.39 Å². The summed E-state index contributed by atoms with van der Waals surface area (Å²) in [5.41, 5.74) is 5.90. The summed E-state index contributed by atoms with van der Waals surface area (Å²) >= 11 is 0. The Balaban J connectivity index is 1.89. The summed E-state index contributed by atoms with van der Waals surface area (Å²) < 4.78 is 18.0. The van der Waals surface area contributed by atoms with Crippen LogP contribution in [-0.2, 0) is 20.7 Å². The number of amides is 1. The summed E-state index contributed by atoms with van der Waals surface area (Å²) in [6, 6.07) is 5.54. The number of hydrogen-bond acceptors (Lipinski definition) is 4. The standard InChI is InChI=1S/C17H22FNO4/c18-13-7-5-11(6-8-13)9-15(17(19)22)23-16(21)10-14(20)12-3-1-2-4-12/h5-8,12,14-15,20H,1-4,9-10H2,(H2,19,22). The van der Waals surface area contributed by atoms with Crippen molar-refractivity contribution in [2.24, 2.45) is 11.7 Å². The molecule has 2 atom stereocenters. The van der Waals surface area contributed by atoms with Gasteiger partial charge >= 0.3 is 5.97 Å². The van der Waals surface area contributed by atoms with Crippen molar-refractivity contribution >= 4 is 11.9 Å². The number of esters is 1. The van der Waals surface area contributed by atoms with Gasteiger partial charge in [-0.15, -0.1) is 0 Å². The first-order valence-corrected chi connectivity index (χ1v) is 7.87. The van der Waals surface area contributed by atoms with Crippen molar-refractivity contribution < 1.29 is 23.8 Å². The van der Waals surface area contributed by atoms with Gasteiger partial charge in [0.25, 0.3) is 5.91 Å². The van der Waals surface area contributed by atoms with Gasteiger partial charge in [-0.3, -0.25) is 9.59 Å². The maximum Gasteiger partial charge on any atom is 0.309 e. The third kappa shape index (κ3) is 5.32. The molecule has 1 aromatic rings. The van der Waals surface area contributed by atoms with Gasteiger partial charge < -0.3 is 15.6 Å². The zero-order valence-electron chi connectivity index (χ0n) is 12.9. The van der Waals surface area contributed by atoms with Crippen molar-refractivity contribution in [1.29, 1.82) is 0 Å². The molecule has 2 rings (SSSR count). The number of benzene rings is 1. The van der Waals surface area contributed by atoms with Crippen LogP contribution >= 0.6 is 0 Å². The van der Waals surface area contributed by atoms with Crippen LogP contribution in [0.5, 0.6) is 0 Å². The molecule has 0 heterocycles. The van der Waals surface area contributed by atoms with Crippen LogP contribution in [0.1, 0.15) is 37.7 Å². The highest BCUT2D eigenvalue weighted by Gasteiger charge is 2.28. The van der Waals surface area contributed by atoms with E-state index in [1.807, 2.05) is 0 Å². The van der Waals surface area contributed by atoms with E-state index >= 15 is 0 Å². The topological polar surface area (TPSA) is 89.6 Å². The molecule has 1 saturated carbocycles. The fourth-order valence-corrected chi connectivity index (χ4v) is 2.92. The predicted molar refractivity (Wildman–Crippen MR) is 81.8 cm³/mol. The van der Waals surface area contributed by atoms with Crippen LogP contribution < -0.4 is 5.73 Å². The van der Waals surface area contributed by atoms with Crippen LogP contribution in [-0.4, -0.2) is 29.2 Å². The number of hydrogen-bond donors (Lipinski definition) is 2. The molecule has 5 nitrogen and oxygen atoms in total. The van der Waals surface area contributed by atoms with E-state index in [0.717, 1.165) is 25.7 Å². The van der Waals surface area contributed by atoms with E-state index in [1.165, 1.54) is 24.3 Å². The van der Waals surface area contributed by atoms with Crippen LogP contribution in [0.3, 0.4) is 0 Å². The Morgan fingerprint density at radius 3 is 2.43 bits per heavy atom. The maximum absolute atomic E-state index is 12.9. The number of carbonyl (C=O) groups is 2. The summed E-state index contributed by atoms with van der Waals surface area (Å²) in [6.07, 6.45) is 2.01. The summed E-state index contributed by atoms with van der Waals surface area (Å²) in [4.78, 5) is 23.4. The lowest BCUT2D eigenvalue weighted by Crippen LogP contribution is -2.36. The smallest absolute Gasteiger partial charge is 0.309 e. The predicted octanol–water partition coefficient (Wildman–Crippen LogP) is 1.71. The Morgan fingerprint density at radius 2 is 1.87 bits per heavy atom. The molecule has 1 aromatic carbocycles. The van der Waals surface area contributed by atoms with Gasteiger partial charge in [0, 0.05) is 6.42 Å². The first-order valence-electron chi connectivity index (χ1n) is 7.87. The van der Waals surface area contributed by atoms with Gasteiger partial charge in [-0.25, -0.2) is 4.39 Å². The molecule has 1 fully saturated rings. The Labute approximate surface area is 134 Å². The third-order valence-corrected chi connectivity index (χ3v) is 4.25. The van der Waals surface area contributed by atoms with Crippen molar-refractivity contribution in [3.05, 3.63) is 35.6 Å². The monoisotopic (exact) mass is 323 g/mol.